The lowest BCUT2D eigenvalue weighted by molar-refractivity contribution is -0.0197. The highest BCUT2D eigenvalue weighted by Crippen LogP contribution is 2.55. The molecule has 1 rings (SSSR count). The molecule has 1 aromatic carbocycles. The molecule has 0 saturated carbocycles. The van der Waals surface area contributed by atoms with Gasteiger partial charge in [0.2, 0.25) is 9.04 Å². The Morgan fingerprint density at radius 1 is 1.00 bits per heavy atom. The lowest BCUT2D eigenvalue weighted by Crippen LogP contribution is -2.27. The maximum Gasteiger partial charge on any atom is 0.478 e. The second-order valence-corrected chi connectivity index (χ2v) is 14.6. The van der Waals surface area contributed by atoms with Crippen LogP contribution in [0.15, 0.2) is 24.8 Å². The van der Waals surface area contributed by atoms with Crippen LogP contribution >= 0.6 is 7.82 Å². The molecule has 0 aliphatic heterocycles. The van der Waals surface area contributed by atoms with E-state index in [2.05, 4.69) is 40.4 Å². The quantitative estimate of drug-likeness (QED) is 0.192. The molecule has 183 valence electrons. The first-order chi connectivity index (χ1) is 14.4. The van der Waals surface area contributed by atoms with Gasteiger partial charge in [0.15, 0.2) is 6.79 Å². The lowest BCUT2D eigenvalue weighted by atomic mass is 9.84. The van der Waals surface area contributed by atoms with E-state index in [1.165, 1.54) is 0 Å². The highest BCUT2D eigenvalue weighted by molar-refractivity contribution is 7.48. The van der Waals surface area contributed by atoms with Gasteiger partial charge in [-0.2, -0.15) is 0 Å². The number of benzene rings is 1. The van der Waals surface area contributed by atoms with E-state index in [0.717, 1.165) is 11.1 Å². The van der Waals surface area contributed by atoms with Crippen LogP contribution in [0.5, 0.6) is 5.75 Å². The number of phosphoric ester groups is 1. The summed E-state index contributed by atoms with van der Waals surface area (Å²) in [6.07, 6.45) is 1.60. The van der Waals surface area contributed by atoms with Gasteiger partial charge in [-0.3, -0.25) is 9.05 Å². The molecule has 0 fully saturated rings. The summed E-state index contributed by atoms with van der Waals surface area (Å²) >= 11 is 0. The van der Waals surface area contributed by atoms with Gasteiger partial charge in [-0.05, 0) is 77.7 Å². The second-order valence-electron chi connectivity index (χ2n) is 11.0. The molecule has 1 atom stereocenters. The van der Waals surface area contributed by atoms with E-state index in [1.54, 1.807) is 47.6 Å². The molecule has 0 bridgehead atoms. The van der Waals surface area contributed by atoms with Crippen molar-refractivity contribution in [3.8, 4) is 5.75 Å². The van der Waals surface area contributed by atoms with E-state index in [0.29, 0.717) is 5.75 Å². The molecule has 0 saturated heterocycles. The molecule has 0 aliphatic carbocycles. The first-order valence-electron chi connectivity index (χ1n) is 10.9. The monoisotopic (exact) mass is 485 g/mol. The van der Waals surface area contributed by atoms with Crippen LogP contribution in [-0.2, 0) is 22.6 Å². The van der Waals surface area contributed by atoms with Crippen LogP contribution in [0.1, 0.15) is 79.5 Å². The van der Waals surface area contributed by atoms with Gasteiger partial charge < -0.3 is 9.16 Å². The molecule has 1 unspecified atom stereocenters. The lowest BCUT2D eigenvalue weighted by Gasteiger charge is -2.34. The molecule has 0 spiro atoms. The fourth-order valence-corrected chi connectivity index (χ4v) is 5.49. The predicted molar refractivity (Wildman–Crippen MR) is 133 cm³/mol. The molecule has 1 aromatic rings. The second kappa shape index (κ2) is 11.0. The third-order valence-electron chi connectivity index (χ3n) is 3.89. The summed E-state index contributed by atoms with van der Waals surface area (Å²) in [5, 5.41) is 0. The third kappa shape index (κ3) is 10.3. The van der Waals surface area contributed by atoms with Gasteiger partial charge in [-0.25, -0.2) is 9.09 Å². The van der Waals surface area contributed by atoms with Crippen molar-refractivity contribution in [3.05, 3.63) is 35.9 Å². The summed E-state index contributed by atoms with van der Waals surface area (Å²) in [5.41, 5.74) is 0.255. The van der Waals surface area contributed by atoms with Gasteiger partial charge in [-0.15, -0.1) is 0 Å². The van der Waals surface area contributed by atoms with Crippen molar-refractivity contribution in [2.45, 2.75) is 92.7 Å². The number of ether oxygens (including phenoxy) is 1. The topological polar surface area (TPSA) is 63.2 Å². The average Bonchev–Trinajstić information content (AvgIpc) is 2.55. The number of phosphoric acid groups is 1. The molecule has 8 heteroatoms. The first-order valence-corrected chi connectivity index (χ1v) is 14.7. The average molecular weight is 486 g/mol. The Morgan fingerprint density at radius 3 is 1.94 bits per heavy atom. The van der Waals surface area contributed by atoms with Crippen molar-refractivity contribution >= 4 is 22.9 Å². The van der Waals surface area contributed by atoms with Crippen molar-refractivity contribution in [2.75, 3.05) is 6.79 Å². The normalized spacial score (nSPS) is 14.5. The molecule has 0 heterocycles. The van der Waals surface area contributed by atoms with Crippen LogP contribution in [-0.4, -0.2) is 27.0 Å². The molecule has 0 N–H and O–H groups in total. The highest BCUT2D eigenvalue weighted by atomic mass is 31.2. The Bertz CT molecular complexity index is 782. The Morgan fingerprint density at radius 2 is 1.53 bits per heavy atom. The van der Waals surface area contributed by atoms with Crippen molar-refractivity contribution < 1.29 is 27.3 Å². The molecule has 1 radical (unpaired) electrons. The van der Waals surface area contributed by atoms with Crippen molar-refractivity contribution in [3.63, 3.8) is 0 Å². The fraction of sp³-hybridized carbons (Fsp3) is 0.667. The van der Waals surface area contributed by atoms with E-state index in [4.69, 9.17) is 22.7 Å². The van der Waals surface area contributed by atoms with Crippen LogP contribution in [0.4, 0.5) is 0 Å². The minimum Gasteiger partial charge on any atom is -0.467 e. The van der Waals surface area contributed by atoms with E-state index in [1.807, 2.05) is 18.2 Å². The summed E-state index contributed by atoms with van der Waals surface area (Å²) in [4.78, 5) is 0. The summed E-state index contributed by atoms with van der Waals surface area (Å²) in [5.74, 6) is 0.594. The Labute approximate surface area is 197 Å². The van der Waals surface area contributed by atoms with Crippen molar-refractivity contribution in [1.29, 1.82) is 0 Å². The number of hydrogen-bond acceptors (Lipinski definition) is 6. The summed E-state index contributed by atoms with van der Waals surface area (Å²) in [7, 11) is -4.85. The van der Waals surface area contributed by atoms with Gasteiger partial charge in [0.25, 0.3) is 0 Å². The maximum absolute atomic E-state index is 13.3. The van der Waals surface area contributed by atoms with Gasteiger partial charge in [0.05, 0.1) is 17.3 Å². The van der Waals surface area contributed by atoms with Gasteiger partial charge in [0, 0.05) is 5.56 Å². The predicted octanol–water partition coefficient (Wildman–Crippen LogP) is 7.78. The summed E-state index contributed by atoms with van der Waals surface area (Å²) in [6, 6.07) is 5.78. The maximum atomic E-state index is 13.3. The van der Waals surface area contributed by atoms with Crippen LogP contribution in [0.3, 0.4) is 0 Å². The fourth-order valence-electron chi connectivity index (χ4n) is 2.87. The molecule has 0 amide bonds. The minimum atomic E-state index is -3.88. The van der Waals surface area contributed by atoms with Gasteiger partial charge >= 0.3 is 7.82 Å². The number of rotatable bonds is 10. The molecule has 6 nitrogen and oxygen atoms in total. The molecular weight excluding hydrogens is 443 g/mol. The Hall–Kier alpha value is -0.953. The highest BCUT2D eigenvalue weighted by Gasteiger charge is 2.38. The zero-order chi connectivity index (χ0) is 25.0. The van der Waals surface area contributed by atoms with Crippen LogP contribution in [0.2, 0.25) is 13.1 Å². The zero-order valence-electron chi connectivity index (χ0n) is 21.7. The van der Waals surface area contributed by atoms with Gasteiger partial charge in [0.1, 0.15) is 5.75 Å². The van der Waals surface area contributed by atoms with Crippen molar-refractivity contribution in [2.24, 2.45) is 5.41 Å². The van der Waals surface area contributed by atoms with Crippen LogP contribution in [0.25, 0.3) is 6.08 Å². The molecule has 0 aromatic heterocycles. The molecule has 32 heavy (non-hydrogen) atoms. The SMILES string of the molecule is C=Cc1ccc(OCOP(=O)(OC(C)(C)C)OC(C)(C)C)c(C(O[Si](C)C)C(C)(C)C)c1. The smallest absolute Gasteiger partial charge is 0.467 e. The van der Waals surface area contributed by atoms with E-state index >= 15 is 0 Å². The first kappa shape index (κ1) is 29.1. The zero-order valence-corrected chi connectivity index (χ0v) is 23.6. The standard InChI is InChI=1S/C24H42O6PSi/c1-13-18-14-15-20(19(16-18)21(22(2,3)4)28-32(11)12)26-17-27-31(25,29-23(5,6)7)30-24(8,9)10/h13-16,21H,1,17H2,2-12H3. The largest absolute Gasteiger partial charge is 0.478 e. The summed E-state index contributed by atoms with van der Waals surface area (Å²) in [6.45, 7) is 24.9. The Kier molecular flexibility index (Phi) is 9.98. The molecular formula is C24H42O6PSi. The van der Waals surface area contributed by atoms with Crippen LogP contribution < -0.4 is 4.74 Å². The Balaban J connectivity index is 3.20. The third-order valence-corrected chi connectivity index (χ3v) is 6.56. The van der Waals surface area contributed by atoms with E-state index in [9.17, 15) is 4.57 Å². The summed E-state index contributed by atoms with van der Waals surface area (Å²) < 4.78 is 42.5. The van der Waals surface area contributed by atoms with E-state index < -0.39 is 28.1 Å². The molecule has 0 aliphatic rings. The van der Waals surface area contributed by atoms with E-state index in [-0.39, 0.29) is 18.3 Å². The number of hydrogen-bond donors (Lipinski definition) is 0. The minimum absolute atomic E-state index is 0.166. The van der Waals surface area contributed by atoms with Gasteiger partial charge in [-0.1, -0.05) is 39.5 Å². The van der Waals surface area contributed by atoms with Crippen LogP contribution in [0, 0.1) is 5.41 Å². The van der Waals surface area contributed by atoms with Crippen molar-refractivity contribution in [1.82, 2.24) is 0 Å².